The Bertz CT molecular complexity index is 613. The molecule has 2 fully saturated rings. The highest BCUT2D eigenvalue weighted by atomic mass is 16.7. The van der Waals surface area contributed by atoms with Crippen molar-refractivity contribution in [2.45, 2.75) is 32.5 Å². The summed E-state index contributed by atoms with van der Waals surface area (Å²) in [6.07, 6.45) is 1.21. The molecule has 124 valence electrons. The summed E-state index contributed by atoms with van der Waals surface area (Å²) < 4.78 is 11.3. The minimum atomic E-state index is -0.595. The molecule has 0 bridgehead atoms. The van der Waals surface area contributed by atoms with Crippen LogP contribution >= 0.6 is 0 Å². The van der Waals surface area contributed by atoms with Crippen LogP contribution in [0.1, 0.15) is 24.0 Å². The van der Waals surface area contributed by atoms with Crippen molar-refractivity contribution in [1.29, 1.82) is 0 Å². The van der Waals surface area contributed by atoms with E-state index in [1.807, 2.05) is 26.0 Å². The van der Waals surface area contributed by atoms with Gasteiger partial charge in [-0.05, 0) is 31.0 Å². The molecule has 2 aliphatic heterocycles. The van der Waals surface area contributed by atoms with E-state index in [1.54, 1.807) is 11.0 Å². The number of hydrogen-bond donors (Lipinski definition) is 1. The molecule has 0 unspecified atom stereocenters. The highest BCUT2D eigenvalue weighted by molar-refractivity contribution is 6.39. The van der Waals surface area contributed by atoms with Gasteiger partial charge in [0.15, 0.2) is 5.79 Å². The third-order valence-electron chi connectivity index (χ3n) is 4.67. The number of carbonyl (C=O) groups excluding carboxylic acids is 2. The average molecular weight is 318 g/mol. The third kappa shape index (κ3) is 3.23. The van der Waals surface area contributed by atoms with Gasteiger partial charge in [0.1, 0.15) is 0 Å². The molecule has 6 nitrogen and oxygen atoms in total. The van der Waals surface area contributed by atoms with Crippen molar-refractivity contribution in [1.82, 2.24) is 4.90 Å². The predicted molar refractivity (Wildman–Crippen MR) is 85.0 cm³/mol. The fourth-order valence-electron chi connectivity index (χ4n) is 3.04. The maximum atomic E-state index is 12.3. The third-order valence-corrected chi connectivity index (χ3v) is 4.67. The summed E-state index contributed by atoms with van der Waals surface area (Å²) in [4.78, 5) is 26.1. The second-order valence-electron chi connectivity index (χ2n) is 6.10. The van der Waals surface area contributed by atoms with Gasteiger partial charge >= 0.3 is 11.8 Å². The molecule has 2 saturated heterocycles. The lowest BCUT2D eigenvalue weighted by atomic mass is 10.0. The van der Waals surface area contributed by atoms with Crippen LogP contribution in [0.3, 0.4) is 0 Å². The average Bonchev–Trinajstić information content (AvgIpc) is 3.00. The number of anilines is 1. The number of nitrogens with one attached hydrogen (secondary N) is 1. The standard InChI is InChI=1S/C17H22N2O4/c1-12-4-3-5-14(13(12)2)18-15(20)16(21)19-8-6-17(7-9-19)22-10-11-23-17/h3-5H,6-11H2,1-2H3,(H,18,20). The first-order valence-electron chi connectivity index (χ1n) is 7.95. The van der Waals surface area contributed by atoms with Crippen molar-refractivity contribution < 1.29 is 19.1 Å². The summed E-state index contributed by atoms with van der Waals surface area (Å²) in [5.74, 6) is -1.64. The number of benzene rings is 1. The Morgan fingerprint density at radius 3 is 2.43 bits per heavy atom. The normalized spacial score (nSPS) is 19.8. The number of piperidine rings is 1. The first-order chi connectivity index (χ1) is 11.0. The Balaban J connectivity index is 1.60. The Morgan fingerprint density at radius 1 is 1.13 bits per heavy atom. The second kappa shape index (κ2) is 6.29. The lowest BCUT2D eigenvalue weighted by Crippen LogP contribution is -2.50. The molecule has 1 N–H and O–H groups in total. The minimum Gasteiger partial charge on any atom is -0.347 e. The van der Waals surface area contributed by atoms with Gasteiger partial charge in [0.05, 0.1) is 13.2 Å². The van der Waals surface area contributed by atoms with Crippen LogP contribution in [0.5, 0.6) is 0 Å². The van der Waals surface area contributed by atoms with Crippen LogP contribution in [0.15, 0.2) is 18.2 Å². The number of aryl methyl sites for hydroxylation is 1. The summed E-state index contributed by atoms with van der Waals surface area (Å²) in [7, 11) is 0. The summed E-state index contributed by atoms with van der Waals surface area (Å²) in [6, 6.07) is 5.64. The van der Waals surface area contributed by atoms with Gasteiger partial charge in [-0.3, -0.25) is 9.59 Å². The van der Waals surface area contributed by atoms with Crippen molar-refractivity contribution in [2.75, 3.05) is 31.6 Å². The molecular weight excluding hydrogens is 296 g/mol. The Morgan fingerprint density at radius 2 is 1.78 bits per heavy atom. The van der Waals surface area contributed by atoms with E-state index in [4.69, 9.17) is 9.47 Å². The number of likely N-dealkylation sites (tertiary alicyclic amines) is 1. The Hall–Kier alpha value is -1.92. The zero-order valence-corrected chi connectivity index (χ0v) is 13.6. The van der Waals surface area contributed by atoms with E-state index >= 15 is 0 Å². The molecule has 0 aliphatic carbocycles. The summed E-state index contributed by atoms with van der Waals surface area (Å²) in [5, 5.41) is 2.72. The molecule has 1 spiro atoms. The predicted octanol–water partition coefficient (Wildman–Crippen LogP) is 1.61. The number of hydrogen-bond acceptors (Lipinski definition) is 4. The van der Waals surface area contributed by atoms with Gasteiger partial charge in [0, 0.05) is 31.6 Å². The molecule has 2 amide bonds. The van der Waals surface area contributed by atoms with E-state index in [0.717, 1.165) is 11.1 Å². The van der Waals surface area contributed by atoms with Crippen LogP contribution in [0.4, 0.5) is 5.69 Å². The lowest BCUT2D eigenvalue weighted by Gasteiger charge is -2.37. The summed E-state index contributed by atoms with van der Waals surface area (Å²) in [6.45, 7) is 6.04. The minimum absolute atomic E-state index is 0.471. The zero-order valence-electron chi connectivity index (χ0n) is 13.6. The maximum absolute atomic E-state index is 12.3. The van der Waals surface area contributed by atoms with Crippen LogP contribution in [0.25, 0.3) is 0 Å². The van der Waals surface area contributed by atoms with Crippen molar-refractivity contribution in [3.05, 3.63) is 29.3 Å². The van der Waals surface area contributed by atoms with E-state index in [0.29, 0.717) is 44.8 Å². The quantitative estimate of drug-likeness (QED) is 0.799. The van der Waals surface area contributed by atoms with Crippen LogP contribution < -0.4 is 5.32 Å². The first-order valence-corrected chi connectivity index (χ1v) is 7.95. The van der Waals surface area contributed by atoms with Gasteiger partial charge in [-0.2, -0.15) is 0 Å². The molecule has 23 heavy (non-hydrogen) atoms. The van der Waals surface area contributed by atoms with Crippen molar-refractivity contribution >= 4 is 17.5 Å². The van der Waals surface area contributed by atoms with Gasteiger partial charge in [0.25, 0.3) is 0 Å². The summed E-state index contributed by atoms with van der Waals surface area (Å²) in [5.41, 5.74) is 2.73. The maximum Gasteiger partial charge on any atom is 0.313 e. The van der Waals surface area contributed by atoms with E-state index in [9.17, 15) is 9.59 Å². The highest BCUT2D eigenvalue weighted by Gasteiger charge is 2.41. The number of ether oxygens (including phenoxy) is 2. The van der Waals surface area contributed by atoms with Crippen LogP contribution in [-0.4, -0.2) is 48.8 Å². The van der Waals surface area contributed by atoms with Gasteiger partial charge in [0.2, 0.25) is 0 Å². The van der Waals surface area contributed by atoms with E-state index < -0.39 is 17.6 Å². The van der Waals surface area contributed by atoms with Crippen molar-refractivity contribution in [3.8, 4) is 0 Å². The fraction of sp³-hybridized carbons (Fsp3) is 0.529. The molecular formula is C17H22N2O4. The number of rotatable bonds is 1. The van der Waals surface area contributed by atoms with Gasteiger partial charge in [-0.1, -0.05) is 12.1 Å². The Kier molecular flexibility index (Phi) is 4.37. The number of amides is 2. The SMILES string of the molecule is Cc1cccc(NC(=O)C(=O)N2CCC3(CC2)OCCO3)c1C. The topological polar surface area (TPSA) is 67.9 Å². The Labute approximate surface area is 135 Å². The molecule has 6 heteroatoms. The molecule has 2 aliphatic rings. The van der Waals surface area contributed by atoms with E-state index in [-0.39, 0.29) is 0 Å². The largest absolute Gasteiger partial charge is 0.347 e. The van der Waals surface area contributed by atoms with E-state index in [2.05, 4.69) is 5.32 Å². The number of nitrogens with zero attached hydrogens (tertiary/aromatic N) is 1. The molecule has 2 heterocycles. The number of carbonyl (C=O) groups is 2. The molecule has 0 saturated carbocycles. The van der Waals surface area contributed by atoms with Gasteiger partial charge in [-0.15, -0.1) is 0 Å². The van der Waals surface area contributed by atoms with Crippen molar-refractivity contribution in [2.24, 2.45) is 0 Å². The zero-order chi connectivity index (χ0) is 16.4. The van der Waals surface area contributed by atoms with E-state index in [1.165, 1.54) is 0 Å². The monoisotopic (exact) mass is 318 g/mol. The molecule has 3 rings (SSSR count). The lowest BCUT2D eigenvalue weighted by molar-refractivity contribution is -0.187. The van der Waals surface area contributed by atoms with Gasteiger partial charge < -0.3 is 19.7 Å². The fourth-order valence-corrected chi connectivity index (χ4v) is 3.04. The second-order valence-corrected chi connectivity index (χ2v) is 6.10. The smallest absolute Gasteiger partial charge is 0.313 e. The van der Waals surface area contributed by atoms with Crippen LogP contribution in [-0.2, 0) is 19.1 Å². The molecule has 1 aromatic rings. The van der Waals surface area contributed by atoms with Crippen LogP contribution in [0, 0.1) is 13.8 Å². The molecule has 1 aromatic carbocycles. The van der Waals surface area contributed by atoms with Gasteiger partial charge in [-0.25, -0.2) is 0 Å². The van der Waals surface area contributed by atoms with Crippen molar-refractivity contribution in [3.63, 3.8) is 0 Å². The summed E-state index contributed by atoms with van der Waals surface area (Å²) >= 11 is 0. The molecule has 0 radical (unpaired) electrons. The first kappa shape index (κ1) is 16.0. The molecule has 0 aromatic heterocycles. The highest BCUT2D eigenvalue weighted by Crippen LogP contribution is 2.31. The molecule has 0 atom stereocenters. The van der Waals surface area contributed by atoms with Crippen LogP contribution in [0.2, 0.25) is 0 Å².